The van der Waals surface area contributed by atoms with Crippen molar-refractivity contribution in [2.75, 3.05) is 11.5 Å². The van der Waals surface area contributed by atoms with Gasteiger partial charge in [0.05, 0.1) is 12.6 Å². The number of nitrogens with two attached hydrogens (primary N) is 1. The van der Waals surface area contributed by atoms with Crippen molar-refractivity contribution in [1.82, 2.24) is 0 Å². The van der Waals surface area contributed by atoms with Crippen molar-refractivity contribution < 1.29 is 9.53 Å². The summed E-state index contributed by atoms with van der Waals surface area (Å²) in [7, 11) is 0. The van der Waals surface area contributed by atoms with Gasteiger partial charge >= 0.3 is 0 Å². The Morgan fingerprint density at radius 1 is 1.17 bits per heavy atom. The minimum absolute atomic E-state index is 0.134. The minimum Gasteiger partial charge on any atom is -0.494 e. The van der Waals surface area contributed by atoms with Crippen molar-refractivity contribution in [3.8, 4) is 5.75 Å². The molecule has 1 aliphatic rings. The fourth-order valence-electron chi connectivity index (χ4n) is 2.74. The van der Waals surface area contributed by atoms with Crippen molar-refractivity contribution in [1.29, 1.82) is 0 Å². The molecule has 1 aliphatic heterocycles. The maximum atomic E-state index is 12.2. The molecular weight excluding hydrogens is 335 g/mol. The van der Waals surface area contributed by atoms with Gasteiger partial charge in [0.15, 0.2) is 0 Å². The van der Waals surface area contributed by atoms with Gasteiger partial charge in [0.2, 0.25) is 5.91 Å². The molecule has 1 amide bonds. The summed E-state index contributed by atoms with van der Waals surface area (Å²) >= 11 is 12.2. The molecule has 0 bridgehead atoms. The molecule has 4 nitrogen and oxygen atoms in total. The lowest BCUT2D eigenvalue weighted by molar-refractivity contribution is -0.126. The predicted octanol–water partition coefficient (Wildman–Crippen LogP) is 3.81. The molecule has 0 radical (unpaired) electrons. The van der Waals surface area contributed by atoms with Crippen LogP contribution in [0.4, 0.5) is 5.69 Å². The highest BCUT2D eigenvalue weighted by atomic mass is 35.5. The summed E-state index contributed by atoms with van der Waals surface area (Å²) in [4.78, 5) is 13.9. The van der Waals surface area contributed by atoms with Crippen molar-refractivity contribution in [2.24, 2.45) is 5.73 Å². The van der Waals surface area contributed by atoms with E-state index in [9.17, 15) is 4.79 Å². The Bertz CT molecular complexity index is 734. The topological polar surface area (TPSA) is 55.6 Å². The van der Waals surface area contributed by atoms with Crippen LogP contribution in [0.2, 0.25) is 10.0 Å². The third-order valence-electron chi connectivity index (χ3n) is 3.85. The summed E-state index contributed by atoms with van der Waals surface area (Å²) < 4.78 is 5.42. The number of rotatable bonds is 4. The van der Waals surface area contributed by atoms with Crippen LogP contribution in [0.3, 0.4) is 0 Å². The molecule has 0 aromatic heterocycles. The van der Waals surface area contributed by atoms with Crippen LogP contribution in [-0.4, -0.2) is 18.6 Å². The van der Waals surface area contributed by atoms with Crippen molar-refractivity contribution in [3.05, 3.63) is 58.1 Å². The standard InChI is InChI=1S/C17H16Cl2N2O2/c1-2-23-12-6-4-11(5-7-12)21-16(15(20)17(21)22)13-8-3-10(18)9-14(13)19/h3-9,15-16H,2,20H2,1H3. The van der Waals surface area contributed by atoms with Crippen LogP contribution in [0.1, 0.15) is 18.5 Å². The van der Waals surface area contributed by atoms with Crippen LogP contribution < -0.4 is 15.4 Å². The van der Waals surface area contributed by atoms with E-state index in [2.05, 4.69) is 0 Å². The third-order valence-corrected chi connectivity index (χ3v) is 4.41. The maximum Gasteiger partial charge on any atom is 0.247 e. The number of ether oxygens (including phenoxy) is 1. The van der Waals surface area contributed by atoms with Gasteiger partial charge in [0.25, 0.3) is 0 Å². The molecule has 0 saturated carbocycles. The zero-order valence-electron chi connectivity index (χ0n) is 12.5. The smallest absolute Gasteiger partial charge is 0.247 e. The number of β-lactam (4-membered cyclic amide) rings is 1. The van der Waals surface area contributed by atoms with Gasteiger partial charge in [0, 0.05) is 15.7 Å². The van der Waals surface area contributed by atoms with E-state index in [1.54, 1.807) is 17.0 Å². The molecule has 2 atom stereocenters. The lowest BCUT2D eigenvalue weighted by Crippen LogP contribution is -2.63. The molecule has 2 aromatic carbocycles. The highest BCUT2D eigenvalue weighted by molar-refractivity contribution is 6.35. The van der Waals surface area contributed by atoms with Crippen LogP contribution >= 0.6 is 23.2 Å². The molecular formula is C17H16Cl2N2O2. The van der Waals surface area contributed by atoms with Gasteiger partial charge in [-0.2, -0.15) is 0 Å². The largest absolute Gasteiger partial charge is 0.494 e. The first-order valence-electron chi connectivity index (χ1n) is 7.29. The van der Waals surface area contributed by atoms with E-state index in [1.807, 2.05) is 37.3 Å². The van der Waals surface area contributed by atoms with Crippen LogP contribution in [0.25, 0.3) is 0 Å². The lowest BCUT2D eigenvalue weighted by Gasteiger charge is -2.46. The average Bonchev–Trinajstić information content (AvgIpc) is 2.54. The van der Waals surface area contributed by atoms with Crippen LogP contribution in [0.15, 0.2) is 42.5 Å². The molecule has 1 heterocycles. The Kier molecular flexibility index (Phi) is 4.48. The second-order valence-electron chi connectivity index (χ2n) is 5.27. The zero-order chi connectivity index (χ0) is 16.6. The molecule has 2 aromatic rings. The van der Waals surface area contributed by atoms with Crippen molar-refractivity contribution in [2.45, 2.75) is 19.0 Å². The molecule has 3 rings (SSSR count). The predicted molar refractivity (Wildman–Crippen MR) is 92.3 cm³/mol. The summed E-state index contributed by atoms with van der Waals surface area (Å²) in [5.74, 6) is 0.625. The molecule has 0 spiro atoms. The van der Waals surface area contributed by atoms with E-state index >= 15 is 0 Å². The molecule has 0 aliphatic carbocycles. The lowest BCUT2D eigenvalue weighted by atomic mass is 9.88. The monoisotopic (exact) mass is 350 g/mol. The number of benzene rings is 2. The van der Waals surface area contributed by atoms with Crippen molar-refractivity contribution in [3.63, 3.8) is 0 Å². The Morgan fingerprint density at radius 2 is 1.87 bits per heavy atom. The van der Waals surface area contributed by atoms with Gasteiger partial charge in [-0.1, -0.05) is 29.3 Å². The van der Waals surface area contributed by atoms with Gasteiger partial charge in [-0.05, 0) is 48.9 Å². The number of halogens is 2. The van der Waals surface area contributed by atoms with E-state index in [0.29, 0.717) is 16.7 Å². The van der Waals surface area contributed by atoms with Gasteiger partial charge in [-0.15, -0.1) is 0 Å². The first-order valence-corrected chi connectivity index (χ1v) is 8.05. The second-order valence-corrected chi connectivity index (χ2v) is 6.12. The highest BCUT2D eigenvalue weighted by Crippen LogP contribution is 2.41. The summed E-state index contributed by atoms with van der Waals surface area (Å²) in [6.45, 7) is 2.51. The fraction of sp³-hybridized carbons (Fsp3) is 0.235. The number of nitrogens with zero attached hydrogens (tertiary/aromatic N) is 1. The number of amides is 1. The average molecular weight is 351 g/mol. The highest BCUT2D eigenvalue weighted by Gasteiger charge is 2.47. The van der Waals surface area contributed by atoms with Crippen LogP contribution in [0, 0.1) is 0 Å². The van der Waals surface area contributed by atoms with Gasteiger partial charge < -0.3 is 15.4 Å². The normalized spacial score (nSPS) is 20.3. The first-order chi connectivity index (χ1) is 11.0. The summed E-state index contributed by atoms with van der Waals surface area (Å²) in [6, 6.07) is 11.6. The van der Waals surface area contributed by atoms with Gasteiger partial charge in [-0.3, -0.25) is 4.79 Å². The molecule has 120 valence electrons. The zero-order valence-corrected chi connectivity index (χ0v) is 14.0. The summed E-state index contributed by atoms with van der Waals surface area (Å²) in [5, 5.41) is 1.05. The molecule has 2 N–H and O–H groups in total. The first kappa shape index (κ1) is 16.1. The second kappa shape index (κ2) is 6.40. The quantitative estimate of drug-likeness (QED) is 0.853. The Morgan fingerprint density at radius 3 is 2.48 bits per heavy atom. The fourth-order valence-corrected chi connectivity index (χ4v) is 3.26. The van der Waals surface area contributed by atoms with E-state index in [1.165, 1.54) is 0 Å². The van der Waals surface area contributed by atoms with Crippen LogP contribution in [-0.2, 0) is 4.79 Å². The SMILES string of the molecule is CCOc1ccc(N2C(=O)C(N)C2c2ccc(Cl)cc2Cl)cc1. The molecule has 2 unspecified atom stereocenters. The molecule has 6 heteroatoms. The Hall–Kier alpha value is -1.75. The van der Waals surface area contributed by atoms with Crippen LogP contribution in [0.5, 0.6) is 5.75 Å². The summed E-state index contributed by atoms with van der Waals surface area (Å²) in [5.41, 5.74) is 7.55. The number of carbonyl (C=O) groups excluding carboxylic acids is 1. The summed E-state index contributed by atoms with van der Waals surface area (Å²) in [6.07, 6.45) is 0. The minimum atomic E-state index is -0.611. The van der Waals surface area contributed by atoms with Gasteiger partial charge in [0.1, 0.15) is 11.8 Å². The molecule has 23 heavy (non-hydrogen) atoms. The van der Waals surface area contributed by atoms with E-state index < -0.39 is 6.04 Å². The Labute approximate surface area is 144 Å². The number of hydrogen-bond acceptors (Lipinski definition) is 3. The van der Waals surface area contributed by atoms with Gasteiger partial charge in [-0.25, -0.2) is 0 Å². The van der Waals surface area contributed by atoms with E-state index in [-0.39, 0.29) is 11.9 Å². The van der Waals surface area contributed by atoms with Crippen molar-refractivity contribution >= 4 is 34.8 Å². The third kappa shape index (κ3) is 2.90. The Balaban J connectivity index is 1.92. The van der Waals surface area contributed by atoms with E-state index in [0.717, 1.165) is 17.0 Å². The van der Waals surface area contributed by atoms with E-state index in [4.69, 9.17) is 33.7 Å². The number of carbonyl (C=O) groups is 1. The number of anilines is 1. The number of hydrogen-bond donors (Lipinski definition) is 1. The molecule has 1 saturated heterocycles. The molecule has 1 fully saturated rings. The maximum absolute atomic E-state index is 12.2.